The Morgan fingerprint density at radius 3 is 2.88 bits per heavy atom. The second-order valence-corrected chi connectivity index (χ2v) is 6.17. The Balaban J connectivity index is 2.16. The van der Waals surface area contributed by atoms with Gasteiger partial charge >= 0.3 is 0 Å². The van der Waals surface area contributed by atoms with E-state index in [0.717, 1.165) is 12.1 Å². The number of rotatable bonds is 4. The van der Waals surface area contributed by atoms with Crippen molar-refractivity contribution in [2.75, 3.05) is 7.05 Å². The molecule has 0 aliphatic rings. The quantitative estimate of drug-likeness (QED) is 0.846. The van der Waals surface area contributed by atoms with E-state index in [9.17, 15) is 0 Å². The first kappa shape index (κ1) is 13.0. The fraction of sp³-hybridized carbons (Fsp3) is 0.308. The molecule has 1 aromatic heterocycles. The summed E-state index contributed by atoms with van der Waals surface area (Å²) < 4.78 is 1.27. The summed E-state index contributed by atoms with van der Waals surface area (Å²) in [6.45, 7) is 2.04. The number of aryl methyl sites for hydroxylation is 1. The first-order chi connectivity index (χ1) is 8.19. The minimum absolute atomic E-state index is 0.343. The van der Waals surface area contributed by atoms with Crippen molar-refractivity contribution in [1.82, 2.24) is 10.3 Å². The molecular formula is C13H15IN2S. The van der Waals surface area contributed by atoms with E-state index in [0.29, 0.717) is 6.04 Å². The molecule has 0 aliphatic carbocycles. The third-order valence-electron chi connectivity index (χ3n) is 2.64. The van der Waals surface area contributed by atoms with E-state index >= 15 is 0 Å². The van der Waals surface area contributed by atoms with Crippen LogP contribution in [-0.4, -0.2) is 12.0 Å². The lowest BCUT2D eigenvalue weighted by atomic mass is 10.0. The average Bonchev–Trinajstić information content (AvgIpc) is 2.72. The van der Waals surface area contributed by atoms with Crippen LogP contribution in [0.3, 0.4) is 0 Å². The van der Waals surface area contributed by atoms with Gasteiger partial charge in [0.2, 0.25) is 0 Å². The van der Waals surface area contributed by atoms with Crippen LogP contribution >= 0.6 is 33.9 Å². The number of aromatic nitrogens is 1. The van der Waals surface area contributed by atoms with Gasteiger partial charge in [-0.2, -0.15) is 0 Å². The maximum atomic E-state index is 4.52. The maximum absolute atomic E-state index is 4.52. The molecule has 1 atom stereocenters. The van der Waals surface area contributed by atoms with E-state index in [1.54, 1.807) is 11.3 Å². The molecule has 0 spiro atoms. The van der Waals surface area contributed by atoms with Gasteiger partial charge in [0.15, 0.2) is 0 Å². The largest absolute Gasteiger partial charge is 0.313 e. The summed E-state index contributed by atoms with van der Waals surface area (Å²) in [7, 11) is 2.00. The molecule has 4 heteroatoms. The van der Waals surface area contributed by atoms with Crippen molar-refractivity contribution in [3.8, 4) is 0 Å². The fourth-order valence-corrected chi connectivity index (χ4v) is 3.17. The minimum Gasteiger partial charge on any atom is -0.313 e. The number of halogens is 1. The number of benzene rings is 1. The molecule has 90 valence electrons. The molecule has 2 aromatic rings. The summed E-state index contributed by atoms with van der Waals surface area (Å²) in [5.74, 6) is 0. The average molecular weight is 358 g/mol. The van der Waals surface area contributed by atoms with Crippen LogP contribution in [0.1, 0.15) is 22.3 Å². The summed E-state index contributed by atoms with van der Waals surface area (Å²) in [5.41, 5.74) is 2.44. The van der Waals surface area contributed by atoms with E-state index in [4.69, 9.17) is 0 Å². The van der Waals surface area contributed by atoms with Gasteiger partial charge in [-0.05, 0) is 54.3 Å². The standard InChI is InChI=1S/C13H15IN2S/c1-9-8-17-13(16-9)7-12(15-2)10-4-3-5-11(14)6-10/h3-6,8,12,15H,7H2,1-2H3. The van der Waals surface area contributed by atoms with Crippen LogP contribution in [0.25, 0.3) is 0 Å². The Kier molecular flexibility index (Phi) is 4.53. The van der Waals surface area contributed by atoms with E-state index in [1.807, 2.05) is 14.0 Å². The third-order valence-corrected chi connectivity index (χ3v) is 4.30. The van der Waals surface area contributed by atoms with Crippen LogP contribution in [0.2, 0.25) is 0 Å². The molecule has 2 nitrogen and oxygen atoms in total. The van der Waals surface area contributed by atoms with Crippen molar-refractivity contribution in [3.63, 3.8) is 0 Å². The molecule has 0 radical (unpaired) electrons. The second-order valence-electron chi connectivity index (χ2n) is 3.98. The van der Waals surface area contributed by atoms with Crippen molar-refractivity contribution in [2.45, 2.75) is 19.4 Å². The normalized spacial score (nSPS) is 12.6. The van der Waals surface area contributed by atoms with Gasteiger partial charge < -0.3 is 5.32 Å². The third kappa shape index (κ3) is 3.50. The fourth-order valence-electron chi connectivity index (χ4n) is 1.78. The van der Waals surface area contributed by atoms with Crippen LogP contribution in [0, 0.1) is 10.5 Å². The van der Waals surface area contributed by atoms with Crippen LogP contribution in [-0.2, 0) is 6.42 Å². The molecule has 1 unspecified atom stereocenters. The van der Waals surface area contributed by atoms with Crippen molar-refractivity contribution in [1.29, 1.82) is 0 Å². The lowest BCUT2D eigenvalue weighted by Crippen LogP contribution is -2.18. The van der Waals surface area contributed by atoms with Gasteiger partial charge in [0.25, 0.3) is 0 Å². The Hall–Kier alpha value is -0.460. The topological polar surface area (TPSA) is 24.9 Å². The van der Waals surface area contributed by atoms with E-state index < -0.39 is 0 Å². The van der Waals surface area contributed by atoms with Crippen molar-refractivity contribution in [3.05, 3.63) is 49.5 Å². The molecule has 1 aromatic carbocycles. The van der Waals surface area contributed by atoms with E-state index in [2.05, 4.69) is 62.5 Å². The number of hydrogen-bond donors (Lipinski definition) is 1. The molecule has 0 saturated heterocycles. The van der Waals surface area contributed by atoms with Crippen LogP contribution in [0.4, 0.5) is 0 Å². The Morgan fingerprint density at radius 2 is 2.29 bits per heavy atom. The van der Waals surface area contributed by atoms with Crippen LogP contribution in [0.15, 0.2) is 29.6 Å². The summed E-state index contributed by atoms with van der Waals surface area (Å²) in [6, 6.07) is 8.96. The maximum Gasteiger partial charge on any atom is 0.0947 e. The van der Waals surface area contributed by atoms with Crippen molar-refractivity contribution >= 4 is 33.9 Å². The van der Waals surface area contributed by atoms with Crippen LogP contribution in [0.5, 0.6) is 0 Å². The zero-order valence-corrected chi connectivity index (χ0v) is 12.9. The highest BCUT2D eigenvalue weighted by molar-refractivity contribution is 14.1. The number of nitrogens with zero attached hydrogens (tertiary/aromatic N) is 1. The Bertz CT molecular complexity index is 496. The molecule has 0 fully saturated rings. The highest BCUT2D eigenvalue weighted by atomic mass is 127. The van der Waals surface area contributed by atoms with Gasteiger partial charge in [0.1, 0.15) is 0 Å². The molecule has 0 aliphatic heterocycles. The first-order valence-electron chi connectivity index (χ1n) is 5.53. The van der Waals surface area contributed by atoms with Crippen LogP contribution < -0.4 is 5.32 Å². The summed E-state index contributed by atoms with van der Waals surface area (Å²) in [4.78, 5) is 4.52. The van der Waals surface area contributed by atoms with Gasteiger partial charge in [-0.1, -0.05) is 12.1 Å². The molecule has 0 amide bonds. The number of hydrogen-bond acceptors (Lipinski definition) is 3. The summed E-state index contributed by atoms with van der Waals surface area (Å²) in [5, 5.41) is 6.67. The Labute approximate surface area is 120 Å². The molecule has 1 heterocycles. The first-order valence-corrected chi connectivity index (χ1v) is 7.48. The predicted molar refractivity (Wildman–Crippen MR) is 81.5 cm³/mol. The van der Waals surface area contributed by atoms with E-state index in [1.165, 1.54) is 14.1 Å². The zero-order chi connectivity index (χ0) is 12.3. The number of thiazole rings is 1. The molecular weight excluding hydrogens is 343 g/mol. The smallest absolute Gasteiger partial charge is 0.0947 e. The van der Waals surface area contributed by atoms with Gasteiger partial charge in [-0.3, -0.25) is 0 Å². The summed E-state index contributed by atoms with van der Waals surface area (Å²) >= 11 is 4.09. The molecule has 2 rings (SSSR count). The monoisotopic (exact) mass is 358 g/mol. The molecule has 0 saturated carbocycles. The van der Waals surface area contributed by atoms with Gasteiger partial charge in [-0.15, -0.1) is 11.3 Å². The molecule has 17 heavy (non-hydrogen) atoms. The highest BCUT2D eigenvalue weighted by Crippen LogP contribution is 2.21. The number of likely N-dealkylation sites (N-methyl/N-ethyl adjacent to an activating group) is 1. The summed E-state index contributed by atoms with van der Waals surface area (Å²) in [6.07, 6.45) is 0.953. The minimum atomic E-state index is 0.343. The van der Waals surface area contributed by atoms with Crippen molar-refractivity contribution < 1.29 is 0 Å². The van der Waals surface area contributed by atoms with Gasteiger partial charge in [0, 0.05) is 27.1 Å². The predicted octanol–water partition coefficient (Wildman–Crippen LogP) is 3.56. The van der Waals surface area contributed by atoms with E-state index in [-0.39, 0.29) is 0 Å². The number of nitrogens with one attached hydrogen (secondary N) is 1. The van der Waals surface area contributed by atoms with Crippen molar-refractivity contribution in [2.24, 2.45) is 0 Å². The lowest BCUT2D eigenvalue weighted by Gasteiger charge is -2.15. The zero-order valence-electron chi connectivity index (χ0n) is 9.90. The molecule has 1 N–H and O–H groups in total. The SMILES string of the molecule is CNC(Cc1nc(C)cs1)c1cccc(I)c1. The van der Waals surface area contributed by atoms with Gasteiger partial charge in [-0.25, -0.2) is 4.98 Å². The Morgan fingerprint density at radius 1 is 1.47 bits per heavy atom. The highest BCUT2D eigenvalue weighted by Gasteiger charge is 2.12. The lowest BCUT2D eigenvalue weighted by molar-refractivity contribution is 0.589. The second kappa shape index (κ2) is 5.93. The van der Waals surface area contributed by atoms with Gasteiger partial charge in [0.05, 0.1) is 5.01 Å². The molecule has 0 bridgehead atoms.